The van der Waals surface area contributed by atoms with Crippen LogP contribution in [0.2, 0.25) is 0 Å². The van der Waals surface area contributed by atoms with Gasteiger partial charge in [-0.25, -0.2) is 4.98 Å². The Morgan fingerprint density at radius 2 is 1.97 bits per heavy atom. The van der Waals surface area contributed by atoms with Gasteiger partial charge in [0.15, 0.2) is 11.5 Å². The third kappa shape index (κ3) is 4.64. The van der Waals surface area contributed by atoms with Crippen molar-refractivity contribution in [3.8, 4) is 34.4 Å². The van der Waals surface area contributed by atoms with Gasteiger partial charge >= 0.3 is 6.61 Å². The molecule has 9 nitrogen and oxygen atoms in total. The number of methoxy groups -OCH3 is 1. The summed E-state index contributed by atoms with van der Waals surface area (Å²) < 4.78 is 40.8. The highest BCUT2D eigenvalue weighted by atomic mass is 32.1. The number of thiophene rings is 1. The number of nitriles is 1. The van der Waals surface area contributed by atoms with Gasteiger partial charge in [0.1, 0.15) is 39.5 Å². The van der Waals surface area contributed by atoms with E-state index in [9.17, 15) is 18.8 Å². The number of anilines is 2. The van der Waals surface area contributed by atoms with E-state index in [0.29, 0.717) is 38.4 Å². The van der Waals surface area contributed by atoms with E-state index in [1.165, 1.54) is 19.2 Å². The molecule has 2 heterocycles. The Labute approximate surface area is 207 Å². The number of benzene rings is 2. The molecule has 0 saturated carbocycles. The predicted molar refractivity (Wildman–Crippen MR) is 131 cm³/mol. The van der Waals surface area contributed by atoms with Crippen molar-refractivity contribution in [2.45, 2.75) is 13.2 Å². The summed E-state index contributed by atoms with van der Waals surface area (Å²) in [6.07, 6.45) is 0. The number of carbonyl (C=O) groups excluding carboxylic acids is 1. The third-order valence-corrected chi connectivity index (χ3v) is 6.32. The van der Waals surface area contributed by atoms with Gasteiger partial charge in [-0.2, -0.15) is 14.0 Å². The number of amides is 1. The summed E-state index contributed by atoms with van der Waals surface area (Å²) in [7, 11) is 1.46. The van der Waals surface area contributed by atoms with Crippen molar-refractivity contribution in [1.29, 1.82) is 5.26 Å². The first-order chi connectivity index (χ1) is 17.2. The van der Waals surface area contributed by atoms with Crippen LogP contribution in [0.4, 0.5) is 20.3 Å². The molecule has 6 N–H and O–H groups in total. The second-order valence-corrected chi connectivity index (χ2v) is 8.43. The minimum absolute atomic E-state index is 0.00156. The van der Waals surface area contributed by atoms with E-state index in [2.05, 4.69) is 9.72 Å². The Kier molecular flexibility index (Phi) is 6.75. The van der Waals surface area contributed by atoms with Crippen molar-refractivity contribution >= 4 is 39.0 Å². The van der Waals surface area contributed by atoms with Gasteiger partial charge in [0.05, 0.1) is 12.8 Å². The Morgan fingerprint density at radius 3 is 2.64 bits per heavy atom. The highest BCUT2D eigenvalue weighted by Gasteiger charge is 2.24. The van der Waals surface area contributed by atoms with Crippen LogP contribution in [0.1, 0.15) is 20.8 Å². The number of aromatic nitrogens is 1. The van der Waals surface area contributed by atoms with Crippen molar-refractivity contribution in [1.82, 2.24) is 4.98 Å². The maximum absolute atomic E-state index is 12.5. The van der Waals surface area contributed by atoms with Crippen LogP contribution in [-0.4, -0.2) is 24.6 Å². The average Bonchev–Trinajstić information content (AvgIpc) is 3.17. The fraction of sp³-hybridized carbons (Fsp3) is 0.125. The number of ether oxygens (including phenoxy) is 3. The molecule has 0 bridgehead atoms. The van der Waals surface area contributed by atoms with Crippen molar-refractivity contribution < 1.29 is 27.8 Å². The number of rotatable bonds is 8. The SMILES string of the molecule is COc1ccc(-c2c(C#N)c(N)nc3sc(C(N)=O)c(N)c23)cc1OCc1cccc(OC(F)F)c1. The van der Waals surface area contributed by atoms with E-state index in [1.807, 2.05) is 6.07 Å². The molecule has 2 aromatic carbocycles. The summed E-state index contributed by atoms with van der Waals surface area (Å²) >= 11 is 0.978. The maximum atomic E-state index is 12.5. The molecule has 184 valence electrons. The summed E-state index contributed by atoms with van der Waals surface area (Å²) in [6.45, 7) is -2.94. The molecular formula is C24H19F2N5O4S. The summed E-state index contributed by atoms with van der Waals surface area (Å²) in [5.74, 6) is -0.0850. The Hall–Kier alpha value is -4.63. The van der Waals surface area contributed by atoms with Crippen LogP contribution in [0.25, 0.3) is 21.3 Å². The van der Waals surface area contributed by atoms with E-state index in [1.54, 1.807) is 30.3 Å². The number of nitrogens with zero attached hydrogens (tertiary/aromatic N) is 2. The fourth-order valence-corrected chi connectivity index (χ4v) is 4.64. The molecule has 0 saturated heterocycles. The summed E-state index contributed by atoms with van der Waals surface area (Å²) in [5.41, 5.74) is 19.3. The zero-order valence-electron chi connectivity index (χ0n) is 18.7. The van der Waals surface area contributed by atoms with Gasteiger partial charge in [-0.1, -0.05) is 18.2 Å². The van der Waals surface area contributed by atoms with Gasteiger partial charge in [0.2, 0.25) is 0 Å². The lowest BCUT2D eigenvalue weighted by Crippen LogP contribution is -2.10. The number of pyridine rings is 1. The largest absolute Gasteiger partial charge is 0.493 e. The molecule has 12 heteroatoms. The zero-order valence-corrected chi connectivity index (χ0v) is 19.6. The highest BCUT2D eigenvalue weighted by molar-refractivity contribution is 7.21. The van der Waals surface area contributed by atoms with Crippen molar-refractivity contribution in [2.24, 2.45) is 5.73 Å². The number of halogens is 2. The maximum Gasteiger partial charge on any atom is 0.387 e. The van der Waals surface area contributed by atoms with Gasteiger partial charge in [-0.15, -0.1) is 11.3 Å². The summed E-state index contributed by atoms with van der Waals surface area (Å²) in [4.78, 5) is 16.5. The Balaban J connectivity index is 1.79. The molecule has 0 aliphatic heterocycles. The average molecular weight is 512 g/mol. The van der Waals surface area contributed by atoms with Gasteiger partial charge < -0.3 is 31.4 Å². The van der Waals surface area contributed by atoms with Crippen molar-refractivity contribution in [3.63, 3.8) is 0 Å². The second kappa shape index (κ2) is 9.93. The van der Waals surface area contributed by atoms with Gasteiger partial charge in [-0.3, -0.25) is 4.79 Å². The number of hydrogen-bond acceptors (Lipinski definition) is 9. The molecule has 0 atom stereocenters. The molecule has 1 amide bonds. The number of fused-ring (bicyclic) bond motifs is 1. The fourth-order valence-electron chi connectivity index (χ4n) is 3.67. The summed E-state index contributed by atoms with van der Waals surface area (Å²) in [6, 6.07) is 13.1. The molecule has 4 rings (SSSR count). The highest BCUT2D eigenvalue weighted by Crippen LogP contribution is 2.44. The smallest absolute Gasteiger partial charge is 0.387 e. The lowest BCUT2D eigenvalue weighted by Gasteiger charge is -2.15. The van der Waals surface area contributed by atoms with Crippen LogP contribution >= 0.6 is 11.3 Å². The first kappa shape index (κ1) is 24.5. The molecule has 0 aliphatic rings. The van der Waals surface area contributed by atoms with Crippen LogP contribution in [0.15, 0.2) is 42.5 Å². The van der Waals surface area contributed by atoms with Crippen LogP contribution in [0.5, 0.6) is 17.2 Å². The van der Waals surface area contributed by atoms with Crippen LogP contribution < -0.4 is 31.4 Å². The molecule has 0 spiro atoms. The zero-order chi connectivity index (χ0) is 26.0. The molecule has 2 aromatic heterocycles. The topological polar surface area (TPSA) is 159 Å². The van der Waals surface area contributed by atoms with E-state index in [4.69, 9.17) is 26.7 Å². The lowest BCUT2D eigenvalue weighted by molar-refractivity contribution is -0.0499. The monoisotopic (exact) mass is 511 g/mol. The number of alkyl halides is 2. The minimum Gasteiger partial charge on any atom is -0.493 e. The number of nitrogen functional groups attached to an aromatic ring is 2. The van der Waals surface area contributed by atoms with Crippen LogP contribution in [0, 0.1) is 11.3 Å². The molecule has 0 fully saturated rings. The number of primary amides is 1. The van der Waals surface area contributed by atoms with E-state index in [-0.39, 0.29) is 34.3 Å². The van der Waals surface area contributed by atoms with E-state index in [0.717, 1.165) is 11.3 Å². The number of hydrogen-bond donors (Lipinski definition) is 3. The Bertz CT molecular complexity index is 1520. The van der Waals surface area contributed by atoms with E-state index >= 15 is 0 Å². The van der Waals surface area contributed by atoms with Crippen LogP contribution in [0.3, 0.4) is 0 Å². The minimum atomic E-state index is -2.95. The number of nitrogens with two attached hydrogens (primary N) is 3. The molecule has 0 aliphatic carbocycles. The van der Waals surface area contributed by atoms with Crippen molar-refractivity contribution in [3.05, 3.63) is 58.5 Å². The molecule has 4 aromatic rings. The first-order valence-electron chi connectivity index (χ1n) is 10.3. The molecule has 36 heavy (non-hydrogen) atoms. The second-order valence-electron chi connectivity index (χ2n) is 7.43. The number of carbonyl (C=O) groups is 1. The Morgan fingerprint density at radius 1 is 1.19 bits per heavy atom. The molecule has 0 radical (unpaired) electrons. The standard InChI is InChI=1S/C24H19F2N5O4S/c1-33-15-6-5-12(8-16(15)34-10-11-3-2-4-13(7-11)35-24(25)26)17-14(9-27)21(29)31-23-18(17)19(28)20(36-23)22(30)32/h2-8,24H,10,28H2,1H3,(H2,29,31)(H2,30,32). The molecular weight excluding hydrogens is 492 g/mol. The lowest BCUT2D eigenvalue weighted by atomic mass is 9.97. The predicted octanol–water partition coefficient (Wildman–Crippen LogP) is 4.29. The first-order valence-corrected chi connectivity index (χ1v) is 11.1. The summed E-state index contributed by atoms with van der Waals surface area (Å²) in [5, 5.41) is 10.2. The van der Waals surface area contributed by atoms with Crippen LogP contribution in [-0.2, 0) is 6.61 Å². The quantitative estimate of drug-likeness (QED) is 0.316. The van der Waals surface area contributed by atoms with E-state index < -0.39 is 12.5 Å². The molecule has 0 unspecified atom stereocenters. The van der Waals surface area contributed by atoms with Gasteiger partial charge in [-0.05, 0) is 35.4 Å². The van der Waals surface area contributed by atoms with Crippen molar-refractivity contribution in [2.75, 3.05) is 18.6 Å². The normalized spacial score (nSPS) is 10.9. The van der Waals surface area contributed by atoms with Gasteiger partial charge in [0, 0.05) is 10.9 Å². The third-order valence-electron chi connectivity index (χ3n) is 5.21. The van der Waals surface area contributed by atoms with Gasteiger partial charge in [0.25, 0.3) is 5.91 Å².